The van der Waals surface area contributed by atoms with E-state index < -0.39 is 0 Å². The van der Waals surface area contributed by atoms with Gasteiger partial charge in [0.1, 0.15) is 10.6 Å². The monoisotopic (exact) mass is 403 g/mol. The highest BCUT2D eigenvalue weighted by atomic mass is 32.1. The minimum absolute atomic E-state index is 0.0262. The molecule has 0 saturated carbocycles. The molecule has 0 spiro atoms. The third kappa shape index (κ3) is 3.59. The molecule has 8 heteroatoms. The quantitative estimate of drug-likeness (QED) is 0.582. The molecule has 0 unspecified atom stereocenters. The SMILES string of the molecule is CCOc1ccc([C@@H](c2sc3nc(CC)nn3c2O)[NH+]2CCC(O)CC2)cc1. The van der Waals surface area contributed by atoms with Crippen molar-refractivity contribution >= 4 is 16.3 Å². The van der Waals surface area contributed by atoms with Crippen LogP contribution in [0.3, 0.4) is 0 Å². The Bertz CT molecular complexity index is 929. The molecule has 28 heavy (non-hydrogen) atoms. The molecule has 0 amide bonds. The fourth-order valence-electron chi connectivity index (χ4n) is 3.89. The molecule has 3 aromatic rings. The highest BCUT2D eigenvalue weighted by Crippen LogP contribution is 2.35. The Morgan fingerprint density at radius 3 is 2.57 bits per heavy atom. The molecule has 1 aliphatic rings. The predicted molar refractivity (Wildman–Crippen MR) is 107 cm³/mol. The number of likely N-dealkylation sites (tertiary alicyclic amines) is 1. The lowest BCUT2D eigenvalue weighted by atomic mass is 9.99. The van der Waals surface area contributed by atoms with Crippen molar-refractivity contribution in [3.05, 3.63) is 40.5 Å². The van der Waals surface area contributed by atoms with Gasteiger partial charge in [-0.2, -0.15) is 4.52 Å². The van der Waals surface area contributed by atoms with Crippen molar-refractivity contribution < 1.29 is 19.8 Å². The number of nitrogens with zero attached hydrogens (tertiary/aromatic N) is 3. The van der Waals surface area contributed by atoms with Crippen molar-refractivity contribution in [1.82, 2.24) is 14.6 Å². The topological polar surface area (TPSA) is 84.3 Å². The van der Waals surface area contributed by atoms with Gasteiger partial charge in [0.05, 0.1) is 25.8 Å². The first-order chi connectivity index (χ1) is 13.6. The number of thiazole rings is 1. The van der Waals surface area contributed by atoms with E-state index >= 15 is 0 Å². The third-order valence-electron chi connectivity index (χ3n) is 5.35. The van der Waals surface area contributed by atoms with Gasteiger partial charge >= 0.3 is 0 Å². The molecule has 0 radical (unpaired) electrons. The van der Waals surface area contributed by atoms with Gasteiger partial charge in [-0.25, -0.2) is 4.98 Å². The van der Waals surface area contributed by atoms with Crippen LogP contribution < -0.4 is 9.64 Å². The summed E-state index contributed by atoms with van der Waals surface area (Å²) in [4.78, 5) is 7.45. The normalized spacial score (nSPS) is 21.1. The predicted octanol–water partition coefficient (Wildman–Crippen LogP) is 1.59. The molecule has 4 rings (SSSR count). The van der Waals surface area contributed by atoms with Crippen molar-refractivity contribution in [3.8, 4) is 11.6 Å². The first-order valence-electron chi connectivity index (χ1n) is 9.93. The molecular formula is C20H27N4O3S+. The average Bonchev–Trinajstić information content (AvgIpc) is 3.24. The number of hydrogen-bond acceptors (Lipinski definition) is 6. The molecule has 3 heterocycles. The number of hydrogen-bond donors (Lipinski definition) is 3. The van der Waals surface area contributed by atoms with E-state index in [1.807, 2.05) is 26.0 Å². The Hall–Kier alpha value is -2.16. The Morgan fingerprint density at radius 2 is 1.96 bits per heavy atom. The largest absolute Gasteiger partial charge is 0.494 e. The fourth-order valence-corrected chi connectivity index (χ4v) is 5.05. The van der Waals surface area contributed by atoms with Gasteiger partial charge in [0, 0.05) is 24.8 Å². The summed E-state index contributed by atoms with van der Waals surface area (Å²) >= 11 is 1.50. The van der Waals surface area contributed by atoms with Gasteiger partial charge in [0.25, 0.3) is 0 Å². The molecule has 150 valence electrons. The number of aliphatic hydroxyl groups is 1. The van der Waals surface area contributed by atoms with Crippen LogP contribution in [0.15, 0.2) is 24.3 Å². The number of nitrogens with one attached hydrogen (secondary N) is 1. The maximum absolute atomic E-state index is 10.9. The number of rotatable bonds is 6. The lowest BCUT2D eigenvalue weighted by Gasteiger charge is -2.33. The molecule has 1 fully saturated rings. The van der Waals surface area contributed by atoms with E-state index in [1.165, 1.54) is 16.2 Å². The van der Waals surface area contributed by atoms with Crippen molar-refractivity contribution in [2.75, 3.05) is 19.7 Å². The number of fused-ring (bicyclic) bond motifs is 1. The highest BCUT2D eigenvalue weighted by Gasteiger charge is 2.35. The summed E-state index contributed by atoms with van der Waals surface area (Å²) in [5.41, 5.74) is 1.12. The number of ether oxygens (including phenoxy) is 1. The van der Waals surface area contributed by atoms with Crippen LogP contribution in [0.2, 0.25) is 0 Å². The summed E-state index contributed by atoms with van der Waals surface area (Å²) in [5.74, 6) is 1.75. The zero-order valence-corrected chi connectivity index (χ0v) is 17.1. The zero-order chi connectivity index (χ0) is 19.7. The van der Waals surface area contributed by atoms with Crippen LogP contribution in [0.5, 0.6) is 11.6 Å². The fraction of sp³-hybridized carbons (Fsp3) is 0.500. The summed E-state index contributed by atoms with van der Waals surface area (Å²) in [6.45, 7) is 6.31. The number of quaternary nitrogens is 1. The summed E-state index contributed by atoms with van der Waals surface area (Å²) in [6, 6.07) is 8.07. The van der Waals surface area contributed by atoms with E-state index in [9.17, 15) is 10.2 Å². The second-order valence-corrected chi connectivity index (χ2v) is 8.20. The number of piperidine rings is 1. The van der Waals surface area contributed by atoms with Crippen molar-refractivity contribution in [2.24, 2.45) is 0 Å². The van der Waals surface area contributed by atoms with E-state index in [1.54, 1.807) is 4.52 Å². The van der Waals surface area contributed by atoms with E-state index in [0.717, 1.165) is 59.3 Å². The number of aliphatic hydroxyl groups excluding tert-OH is 1. The van der Waals surface area contributed by atoms with Gasteiger partial charge in [0.15, 0.2) is 11.9 Å². The van der Waals surface area contributed by atoms with Crippen LogP contribution in [0, 0.1) is 0 Å². The van der Waals surface area contributed by atoms with Crippen molar-refractivity contribution in [2.45, 2.75) is 45.3 Å². The van der Waals surface area contributed by atoms with Crippen molar-refractivity contribution in [1.29, 1.82) is 0 Å². The molecule has 2 aromatic heterocycles. The molecule has 1 aromatic carbocycles. The second-order valence-electron chi connectivity index (χ2n) is 7.19. The highest BCUT2D eigenvalue weighted by molar-refractivity contribution is 7.17. The molecular weight excluding hydrogens is 376 g/mol. The Balaban J connectivity index is 1.74. The molecule has 7 nitrogen and oxygen atoms in total. The van der Waals surface area contributed by atoms with Crippen LogP contribution in [-0.4, -0.2) is 50.6 Å². The molecule has 3 N–H and O–H groups in total. The van der Waals surface area contributed by atoms with E-state index in [0.29, 0.717) is 6.61 Å². The Kier molecular flexibility index (Phi) is 5.52. The molecule has 0 bridgehead atoms. The average molecular weight is 404 g/mol. The molecule has 1 atom stereocenters. The number of aromatic nitrogens is 3. The van der Waals surface area contributed by atoms with Gasteiger partial charge in [-0.05, 0) is 31.2 Å². The number of aryl methyl sites for hydroxylation is 1. The first kappa shape index (κ1) is 19.2. The van der Waals surface area contributed by atoms with E-state index in [2.05, 4.69) is 22.2 Å². The Labute approximate surface area is 168 Å². The van der Waals surface area contributed by atoms with E-state index in [4.69, 9.17) is 4.74 Å². The molecule has 0 aliphatic carbocycles. The first-order valence-corrected chi connectivity index (χ1v) is 10.7. The minimum Gasteiger partial charge on any atom is -0.494 e. The zero-order valence-electron chi connectivity index (χ0n) is 16.3. The maximum Gasteiger partial charge on any atom is 0.235 e. The number of aromatic hydroxyl groups is 1. The summed E-state index contributed by atoms with van der Waals surface area (Å²) in [7, 11) is 0. The van der Waals surface area contributed by atoms with Gasteiger partial charge in [0.2, 0.25) is 10.8 Å². The van der Waals surface area contributed by atoms with Crippen LogP contribution in [-0.2, 0) is 6.42 Å². The van der Waals surface area contributed by atoms with Crippen LogP contribution in [0.4, 0.5) is 0 Å². The summed E-state index contributed by atoms with van der Waals surface area (Å²) in [6.07, 6.45) is 2.04. The van der Waals surface area contributed by atoms with Gasteiger partial charge < -0.3 is 19.8 Å². The van der Waals surface area contributed by atoms with Crippen LogP contribution >= 0.6 is 11.3 Å². The van der Waals surface area contributed by atoms with Gasteiger partial charge in [-0.15, -0.1) is 5.10 Å². The van der Waals surface area contributed by atoms with Gasteiger partial charge in [-0.1, -0.05) is 18.3 Å². The summed E-state index contributed by atoms with van der Waals surface area (Å²) in [5, 5.41) is 25.3. The lowest BCUT2D eigenvalue weighted by Crippen LogP contribution is -3.13. The van der Waals surface area contributed by atoms with Crippen LogP contribution in [0.1, 0.15) is 49.0 Å². The number of benzene rings is 1. The Morgan fingerprint density at radius 1 is 1.25 bits per heavy atom. The standard InChI is InChI=1S/C20H26N4O3S/c1-3-16-21-20-24(22-16)19(26)18(28-20)17(23-11-9-14(25)10-12-23)13-5-7-15(8-6-13)27-4-2/h5-8,14,17,25-26H,3-4,9-12H2,1-2H3/p+1/t17-/m0/s1. The smallest absolute Gasteiger partial charge is 0.235 e. The molecule has 1 saturated heterocycles. The molecule has 1 aliphatic heterocycles. The third-order valence-corrected chi connectivity index (χ3v) is 6.44. The maximum atomic E-state index is 10.9. The van der Waals surface area contributed by atoms with E-state index in [-0.39, 0.29) is 18.0 Å². The van der Waals surface area contributed by atoms with Crippen molar-refractivity contribution in [3.63, 3.8) is 0 Å². The minimum atomic E-state index is -0.229. The van der Waals surface area contributed by atoms with Gasteiger partial charge in [-0.3, -0.25) is 0 Å². The lowest BCUT2D eigenvalue weighted by molar-refractivity contribution is -0.931. The second kappa shape index (κ2) is 8.06. The van der Waals surface area contributed by atoms with Crippen LogP contribution in [0.25, 0.3) is 4.96 Å². The summed E-state index contributed by atoms with van der Waals surface area (Å²) < 4.78 is 7.13.